The van der Waals surface area contributed by atoms with Crippen molar-refractivity contribution in [2.24, 2.45) is 0 Å². The largest absolute Gasteiger partial charge is 0.443 e. The molecule has 0 unspecified atom stereocenters. The molecule has 1 aliphatic rings. The van der Waals surface area contributed by atoms with Crippen molar-refractivity contribution in [2.45, 2.75) is 18.9 Å². The molecule has 4 nitrogen and oxygen atoms in total. The Morgan fingerprint density at radius 2 is 2.21 bits per heavy atom. The van der Waals surface area contributed by atoms with Crippen LogP contribution >= 0.6 is 15.9 Å². The number of nitrogens with zero attached hydrogens (tertiary/aromatic N) is 2. The van der Waals surface area contributed by atoms with E-state index in [1.54, 1.807) is 10.6 Å². The van der Waals surface area contributed by atoms with E-state index in [1.807, 2.05) is 0 Å². The summed E-state index contributed by atoms with van der Waals surface area (Å²) < 4.78 is 21.0. The maximum absolute atomic E-state index is 13.7. The van der Waals surface area contributed by atoms with Crippen LogP contribution in [0.4, 0.5) is 4.39 Å². The number of rotatable bonds is 1. The van der Waals surface area contributed by atoms with E-state index in [0.717, 1.165) is 12.8 Å². The maximum Gasteiger partial charge on any atom is 0.281 e. The van der Waals surface area contributed by atoms with Crippen LogP contribution in [-0.4, -0.2) is 9.55 Å². The van der Waals surface area contributed by atoms with E-state index in [2.05, 4.69) is 20.9 Å². The minimum Gasteiger partial charge on any atom is -0.443 e. The second-order valence-corrected chi connectivity index (χ2v) is 5.57. The Balaban J connectivity index is 2.30. The fourth-order valence-corrected chi connectivity index (χ4v) is 2.76. The first-order chi connectivity index (χ1) is 9.16. The fourth-order valence-electron chi connectivity index (χ4n) is 2.43. The molecule has 0 N–H and O–H groups in total. The highest BCUT2D eigenvalue weighted by Crippen LogP contribution is 2.38. The van der Waals surface area contributed by atoms with E-state index in [0.29, 0.717) is 21.0 Å². The predicted octanol–water partition coefficient (Wildman–Crippen LogP) is 3.38. The lowest BCUT2D eigenvalue weighted by Crippen LogP contribution is -2.20. The molecule has 1 saturated carbocycles. The number of hydrogen-bond donors (Lipinski definition) is 0. The van der Waals surface area contributed by atoms with Gasteiger partial charge in [-0.3, -0.25) is 4.79 Å². The van der Waals surface area contributed by atoms with Crippen LogP contribution in [0.3, 0.4) is 0 Å². The zero-order valence-corrected chi connectivity index (χ0v) is 11.3. The van der Waals surface area contributed by atoms with Crippen LogP contribution in [0.15, 0.2) is 32.2 Å². The van der Waals surface area contributed by atoms with Gasteiger partial charge in [-0.05, 0) is 40.9 Å². The SMILES string of the molecule is O=c1c2ncoc2c2cc(F)c(Br)cc2n1C1CC1. The Morgan fingerprint density at radius 1 is 1.42 bits per heavy atom. The van der Waals surface area contributed by atoms with E-state index >= 15 is 0 Å². The Kier molecular flexibility index (Phi) is 2.15. The van der Waals surface area contributed by atoms with Crippen LogP contribution in [0.2, 0.25) is 0 Å². The van der Waals surface area contributed by atoms with Crippen LogP contribution in [0.25, 0.3) is 22.0 Å². The van der Waals surface area contributed by atoms with Gasteiger partial charge in [-0.25, -0.2) is 9.37 Å². The van der Waals surface area contributed by atoms with Gasteiger partial charge in [-0.2, -0.15) is 0 Å². The van der Waals surface area contributed by atoms with Crippen molar-refractivity contribution in [1.29, 1.82) is 0 Å². The van der Waals surface area contributed by atoms with Crippen molar-refractivity contribution in [3.63, 3.8) is 0 Å². The number of aromatic nitrogens is 2. The number of pyridine rings is 1. The van der Waals surface area contributed by atoms with Gasteiger partial charge in [-0.1, -0.05) is 0 Å². The molecule has 0 saturated heterocycles. The monoisotopic (exact) mass is 322 g/mol. The van der Waals surface area contributed by atoms with Crippen molar-refractivity contribution in [2.75, 3.05) is 0 Å². The zero-order chi connectivity index (χ0) is 13.1. The molecule has 0 radical (unpaired) electrons. The fraction of sp³-hybridized carbons (Fsp3) is 0.231. The molecule has 4 rings (SSSR count). The molecule has 1 fully saturated rings. The molecule has 0 amide bonds. The average Bonchev–Trinajstić information content (AvgIpc) is 3.08. The third-order valence-corrected chi connectivity index (χ3v) is 4.05. The normalized spacial score (nSPS) is 15.5. The van der Waals surface area contributed by atoms with Crippen molar-refractivity contribution < 1.29 is 8.81 Å². The predicted molar refractivity (Wildman–Crippen MR) is 71.7 cm³/mol. The second-order valence-electron chi connectivity index (χ2n) is 4.72. The molecule has 0 spiro atoms. The summed E-state index contributed by atoms with van der Waals surface area (Å²) in [5, 5.41) is 0.583. The molecule has 6 heteroatoms. The number of benzene rings is 1. The third kappa shape index (κ3) is 1.49. The molecule has 19 heavy (non-hydrogen) atoms. The Morgan fingerprint density at radius 3 is 2.95 bits per heavy atom. The Hall–Kier alpha value is -1.69. The summed E-state index contributed by atoms with van der Waals surface area (Å²) in [6.07, 6.45) is 3.16. The molecule has 1 aromatic carbocycles. The molecular weight excluding hydrogens is 315 g/mol. The number of halogens is 2. The quantitative estimate of drug-likeness (QED) is 0.690. The van der Waals surface area contributed by atoms with Gasteiger partial charge < -0.3 is 8.98 Å². The standard InChI is InChI=1S/C13H8BrFN2O2/c14-8-4-10-7(3-9(8)15)12-11(16-5-19-12)13(18)17(10)6-1-2-6/h3-6H,1-2H2. The number of fused-ring (bicyclic) bond motifs is 3. The van der Waals surface area contributed by atoms with Gasteiger partial charge in [0.1, 0.15) is 5.82 Å². The first-order valence-corrected chi connectivity index (χ1v) is 6.72. The molecule has 1 aliphatic carbocycles. The van der Waals surface area contributed by atoms with E-state index in [4.69, 9.17) is 4.42 Å². The van der Waals surface area contributed by atoms with Gasteiger partial charge in [-0.15, -0.1) is 0 Å². The van der Waals surface area contributed by atoms with Crippen molar-refractivity contribution >= 4 is 37.9 Å². The van der Waals surface area contributed by atoms with E-state index in [9.17, 15) is 9.18 Å². The lowest BCUT2D eigenvalue weighted by molar-refractivity contribution is 0.602. The van der Waals surface area contributed by atoms with Crippen LogP contribution in [0.1, 0.15) is 18.9 Å². The van der Waals surface area contributed by atoms with Crippen LogP contribution in [0, 0.1) is 5.82 Å². The molecule has 0 bridgehead atoms. The highest BCUT2D eigenvalue weighted by Gasteiger charge is 2.28. The number of oxazole rings is 1. The Bertz CT molecular complexity index is 880. The molecular formula is C13H8BrFN2O2. The third-order valence-electron chi connectivity index (χ3n) is 3.44. The van der Waals surface area contributed by atoms with Crippen LogP contribution < -0.4 is 5.56 Å². The van der Waals surface area contributed by atoms with Gasteiger partial charge in [0.05, 0.1) is 9.99 Å². The topological polar surface area (TPSA) is 48.0 Å². The average molecular weight is 323 g/mol. The summed E-state index contributed by atoms with van der Waals surface area (Å²) >= 11 is 3.16. The smallest absolute Gasteiger partial charge is 0.281 e. The van der Waals surface area contributed by atoms with Gasteiger partial charge in [0.25, 0.3) is 5.56 Å². The second kappa shape index (κ2) is 3.66. The van der Waals surface area contributed by atoms with Gasteiger partial charge in [0.15, 0.2) is 17.5 Å². The molecule has 2 heterocycles. The zero-order valence-electron chi connectivity index (χ0n) is 9.69. The summed E-state index contributed by atoms with van der Waals surface area (Å²) in [7, 11) is 0. The van der Waals surface area contributed by atoms with Crippen LogP contribution in [-0.2, 0) is 0 Å². The van der Waals surface area contributed by atoms with Crippen molar-refractivity contribution in [1.82, 2.24) is 9.55 Å². The van der Waals surface area contributed by atoms with E-state index in [1.165, 1.54) is 12.5 Å². The summed E-state index contributed by atoms with van der Waals surface area (Å²) in [6.45, 7) is 0. The van der Waals surface area contributed by atoms with Gasteiger partial charge >= 0.3 is 0 Å². The van der Waals surface area contributed by atoms with Crippen LogP contribution in [0.5, 0.6) is 0 Å². The highest BCUT2D eigenvalue weighted by molar-refractivity contribution is 9.10. The lowest BCUT2D eigenvalue weighted by atomic mass is 10.2. The molecule has 0 atom stereocenters. The minimum absolute atomic E-state index is 0.169. The van der Waals surface area contributed by atoms with Crippen molar-refractivity contribution in [3.8, 4) is 0 Å². The highest BCUT2D eigenvalue weighted by atomic mass is 79.9. The summed E-state index contributed by atoms with van der Waals surface area (Å²) in [5.74, 6) is -0.383. The minimum atomic E-state index is -0.383. The summed E-state index contributed by atoms with van der Waals surface area (Å²) in [4.78, 5) is 16.4. The molecule has 2 aromatic heterocycles. The first kappa shape index (κ1) is 11.2. The Labute approximate surface area is 115 Å². The summed E-state index contributed by atoms with van der Waals surface area (Å²) in [5.41, 5.74) is 1.13. The van der Waals surface area contributed by atoms with Gasteiger partial charge in [0.2, 0.25) is 0 Å². The maximum atomic E-state index is 13.7. The molecule has 3 aromatic rings. The van der Waals surface area contributed by atoms with E-state index in [-0.39, 0.29) is 22.9 Å². The first-order valence-electron chi connectivity index (χ1n) is 5.93. The van der Waals surface area contributed by atoms with Crippen molar-refractivity contribution in [3.05, 3.63) is 39.2 Å². The number of hydrogen-bond acceptors (Lipinski definition) is 3. The van der Waals surface area contributed by atoms with E-state index < -0.39 is 0 Å². The molecule has 0 aliphatic heterocycles. The summed E-state index contributed by atoms with van der Waals surface area (Å²) in [6, 6.07) is 3.20. The molecule has 96 valence electrons. The van der Waals surface area contributed by atoms with Gasteiger partial charge in [0, 0.05) is 11.4 Å². The lowest BCUT2D eigenvalue weighted by Gasteiger charge is -2.10.